The third-order valence-electron chi connectivity index (χ3n) is 2.84. The van der Waals surface area contributed by atoms with Crippen LogP contribution in [0.1, 0.15) is 17.4 Å². The van der Waals surface area contributed by atoms with Crippen LogP contribution >= 0.6 is 0 Å². The Morgan fingerprint density at radius 2 is 1.32 bits per heavy atom. The molecule has 0 unspecified atom stereocenters. The number of benzene rings is 2. The quantitative estimate of drug-likeness (QED) is 0.771. The standard InChI is InChI=1S/C14H9F3O2/c15-14(16,17)10-6-2-1-5-9(10)13-18-11-7-3-4-8-12(11)19-13/h1-8,13H. The van der Waals surface area contributed by atoms with Gasteiger partial charge in [0.1, 0.15) is 0 Å². The average Bonchev–Trinajstić information content (AvgIpc) is 2.81. The van der Waals surface area contributed by atoms with E-state index in [0.717, 1.165) is 6.07 Å². The van der Waals surface area contributed by atoms with Gasteiger partial charge in [0.15, 0.2) is 11.5 Å². The molecule has 19 heavy (non-hydrogen) atoms. The summed E-state index contributed by atoms with van der Waals surface area (Å²) in [6.45, 7) is 0. The molecule has 0 aliphatic carbocycles. The topological polar surface area (TPSA) is 18.5 Å². The minimum Gasteiger partial charge on any atom is -0.447 e. The van der Waals surface area contributed by atoms with E-state index in [1.165, 1.54) is 18.2 Å². The molecule has 5 heteroatoms. The minimum absolute atomic E-state index is 0.0220. The van der Waals surface area contributed by atoms with E-state index in [9.17, 15) is 13.2 Å². The Morgan fingerprint density at radius 1 is 0.789 bits per heavy atom. The van der Waals surface area contributed by atoms with Crippen LogP contribution in [0.4, 0.5) is 13.2 Å². The highest BCUT2D eigenvalue weighted by molar-refractivity contribution is 5.44. The number of rotatable bonds is 1. The van der Waals surface area contributed by atoms with E-state index in [1.54, 1.807) is 24.3 Å². The molecule has 0 bridgehead atoms. The number of ether oxygens (including phenoxy) is 2. The summed E-state index contributed by atoms with van der Waals surface area (Å²) in [5.41, 5.74) is -0.765. The van der Waals surface area contributed by atoms with E-state index >= 15 is 0 Å². The summed E-state index contributed by atoms with van der Waals surface area (Å²) >= 11 is 0. The highest BCUT2D eigenvalue weighted by Crippen LogP contribution is 2.43. The van der Waals surface area contributed by atoms with Crippen LogP contribution in [0.5, 0.6) is 11.5 Å². The van der Waals surface area contributed by atoms with Gasteiger partial charge >= 0.3 is 6.18 Å². The maximum atomic E-state index is 12.9. The third kappa shape index (κ3) is 2.12. The molecule has 0 saturated heterocycles. The van der Waals surface area contributed by atoms with Gasteiger partial charge in [0.25, 0.3) is 6.29 Å². The Morgan fingerprint density at radius 3 is 1.89 bits per heavy atom. The van der Waals surface area contributed by atoms with Crippen molar-refractivity contribution in [1.82, 2.24) is 0 Å². The lowest BCUT2D eigenvalue weighted by atomic mass is 10.1. The molecule has 0 radical (unpaired) electrons. The van der Waals surface area contributed by atoms with Crippen molar-refractivity contribution in [2.45, 2.75) is 12.5 Å². The van der Waals surface area contributed by atoms with Gasteiger partial charge in [0.2, 0.25) is 0 Å². The summed E-state index contributed by atoms with van der Waals surface area (Å²) in [5.74, 6) is 0.897. The fourth-order valence-corrected chi connectivity index (χ4v) is 1.99. The van der Waals surface area contributed by atoms with Gasteiger partial charge < -0.3 is 9.47 Å². The maximum Gasteiger partial charge on any atom is 0.416 e. The van der Waals surface area contributed by atoms with Crippen LogP contribution in [-0.2, 0) is 6.18 Å². The molecule has 1 aliphatic rings. The van der Waals surface area contributed by atoms with Crippen LogP contribution in [0.2, 0.25) is 0 Å². The first-order chi connectivity index (χ1) is 9.05. The van der Waals surface area contributed by atoms with Gasteiger partial charge in [-0.15, -0.1) is 0 Å². The SMILES string of the molecule is FC(F)(F)c1ccccc1C1Oc2ccccc2O1. The molecule has 2 aromatic rings. The lowest BCUT2D eigenvalue weighted by molar-refractivity contribution is -0.140. The largest absolute Gasteiger partial charge is 0.447 e. The molecule has 0 fully saturated rings. The molecule has 0 saturated carbocycles. The van der Waals surface area contributed by atoms with Crippen molar-refractivity contribution >= 4 is 0 Å². The molecule has 1 aliphatic heterocycles. The second-order valence-corrected chi connectivity index (χ2v) is 4.10. The molecule has 0 aromatic heterocycles. The summed E-state index contributed by atoms with van der Waals surface area (Å²) < 4.78 is 49.6. The van der Waals surface area contributed by atoms with Crippen molar-refractivity contribution < 1.29 is 22.6 Å². The minimum atomic E-state index is -4.43. The number of fused-ring (bicyclic) bond motifs is 1. The third-order valence-corrected chi connectivity index (χ3v) is 2.84. The molecule has 0 N–H and O–H groups in total. The van der Waals surface area contributed by atoms with Crippen LogP contribution in [0.15, 0.2) is 48.5 Å². The van der Waals surface area contributed by atoms with Crippen molar-refractivity contribution in [3.8, 4) is 11.5 Å². The Balaban J connectivity index is 1.98. The van der Waals surface area contributed by atoms with E-state index in [1.807, 2.05) is 0 Å². The summed E-state index contributed by atoms with van der Waals surface area (Å²) in [5, 5.41) is 0. The summed E-state index contributed by atoms with van der Waals surface area (Å²) in [6.07, 6.45) is -5.49. The molecule has 0 spiro atoms. The monoisotopic (exact) mass is 266 g/mol. The first-order valence-corrected chi connectivity index (χ1v) is 5.64. The summed E-state index contributed by atoms with van der Waals surface area (Å²) in [7, 11) is 0. The van der Waals surface area contributed by atoms with Gasteiger partial charge in [-0.3, -0.25) is 0 Å². The number of hydrogen-bond acceptors (Lipinski definition) is 2. The van der Waals surface area contributed by atoms with E-state index in [-0.39, 0.29) is 5.56 Å². The zero-order chi connectivity index (χ0) is 13.5. The summed E-state index contributed by atoms with van der Waals surface area (Å²) in [4.78, 5) is 0. The van der Waals surface area contributed by atoms with Crippen LogP contribution < -0.4 is 9.47 Å². The zero-order valence-electron chi connectivity index (χ0n) is 9.65. The van der Waals surface area contributed by atoms with Crippen LogP contribution in [0.3, 0.4) is 0 Å². The fourth-order valence-electron chi connectivity index (χ4n) is 1.99. The molecule has 2 aromatic carbocycles. The molecular weight excluding hydrogens is 257 g/mol. The van der Waals surface area contributed by atoms with Gasteiger partial charge in [-0.1, -0.05) is 30.3 Å². The maximum absolute atomic E-state index is 12.9. The number of halogens is 3. The number of alkyl halides is 3. The number of hydrogen-bond donors (Lipinski definition) is 0. The van der Waals surface area contributed by atoms with Crippen molar-refractivity contribution in [1.29, 1.82) is 0 Å². The second kappa shape index (κ2) is 4.19. The van der Waals surface area contributed by atoms with Gasteiger partial charge in [-0.25, -0.2) is 0 Å². The molecular formula is C14H9F3O2. The first-order valence-electron chi connectivity index (χ1n) is 5.64. The van der Waals surface area contributed by atoms with E-state index < -0.39 is 18.0 Å². The second-order valence-electron chi connectivity index (χ2n) is 4.10. The van der Waals surface area contributed by atoms with Crippen LogP contribution in [-0.4, -0.2) is 0 Å². The molecule has 1 heterocycles. The van der Waals surface area contributed by atoms with Crippen LogP contribution in [0, 0.1) is 0 Å². The van der Waals surface area contributed by atoms with E-state index in [2.05, 4.69) is 0 Å². The Labute approximate surface area is 107 Å². The van der Waals surface area contributed by atoms with Crippen LogP contribution in [0.25, 0.3) is 0 Å². The summed E-state index contributed by atoms with van der Waals surface area (Å²) in [6, 6.07) is 12.0. The predicted octanol–water partition coefficient (Wildman–Crippen LogP) is 4.18. The molecule has 0 amide bonds. The highest BCUT2D eigenvalue weighted by atomic mass is 19.4. The van der Waals surface area contributed by atoms with Crippen molar-refractivity contribution in [3.05, 3.63) is 59.7 Å². The average molecular weight is 266 g/mol. The molecule has 98 valence electrons. The first kappa shape index (κ1) is 11.9. The van der Waals surface area contributed by atoms with E-state index in [4.69, 9.17) is 9.47 Å². The lowest BCUT2D eigenvalue weighted by Gasteiger charge is -2.16. The molecule has 0 atom stereocenters. The van der Waals surface area contributed by atoms with Crippen molar-refractivity contribution in [2.24, 2.45) is 0 Å². The zero-order valence-corrected chi connectivity index (χ0v) is 9.65. The van der Waals surface area contributed by atoms with E-state index in [0.29, 0.717) is 11.5 Å². The Kier molecular flexibility index (Phi) is 2.62. The lowest BCUT2D eigenvalue weighted by Crippen LogP contribution is -2.16. The van der Waals surface area contributed by atoms with Crippen molar-refractivity contribution in [3.63, 3.8) is 0 Å². The van der Waals surface area contributed by atoms with Crippen molar-refractivity contribution in [2.75, 3.05) is 0 Å². The number of para-hydroxylation sites is 2. The van der Waals surface area contributed by atoms with Gasteiger partial charge in [0.05, 0.1) is 5.56 Å². The van der Waals surface area contributed by atoms with Gasteiger partial charge in [-0.2, -0.15) is 13.2 Å². The molecule has 2 nitrogen and oxygen atoms in total. The fraction of sp³-hybridized carbons (Fsp3) is 0.143. The Hall–Kier alpha value is -2.17. The van der Waals surface area contributed by atoms with Gasteiger partial charge in [-0.05, 0) is 18.2 Å². The normalized spacial score (nSPS) is 14.7. The highest BCUT2D eigenvalue weighted by Gasteiger charge is 2.38. The predicted molar refractivity (Wildman–Crippen MR) is 61.9 cm³/mol. The smallest absolute Gasteiger partial charge is 0.416 e. The Bertz CT molecular complexity index is 583. The van der Waals surface area contributed by atoms with Gasteiger partial charge in [0, 0.05) is 5.56 Å². The molecule has 3 rings (SSSR count).